The maximum Gasteiger partial charge on any atom is 0.316 e. The third kappa shape index (κ3) is 3.81. The van der Waals surface area contributed by atoms with E-state index in [1.54, 1.807) is 6.92 Å². The van der Waals surface area contributed by atoms with Gasteiger partial charge in [-0.15, -0.1) is 0 Å². The number of nitrogens with one attached hydrogen (secondary N) is 2. The molecule has 0 aliphatic carbocycles. The summed E-state index contributed by atoms with van der Waals surface area (Å²) >= 11 is 0. The van der Waals surface area contributed by atoms with Crippen LogP contribution in [0.25, 0.3) is 0 Å². The summed E-state index contributed by atoms with van der Waals surface area (Å²) in [6.45, 7) is 3.42. The number of carbonyl (C=O) groups is 2. The minimum atomic E-state index is -0.655. The lowest BCUT2D eigenvalue weighted by molar-refractivity contribution is -0.117. The van der Waals surface area contributed by atoms with Crippen LogP contribution in [0.3, 0.4) is 0 Å². The zero-order valence-electron chi connectivity index (χ0n) is 10.0. The third-order valence-corrected chi connectivity index (χ3v) is 2.93. The van der Waals surface area contributed by atoms with Crippen LogP contribution in [0.4, 0.5) is 4.79 Å². The molecule has 0 unspecified atom stereocenters. The van der Waals surface area contributed by atoms with Crippen LogP contribution in [0.15, 0.2) is 0 Å². The normalized spacial score (nSPS) is 28.7. The molecule has 16 heavy (non-hydrogen) atoms. The van der Waals surface area contributed by atoms with E-state index in [0.717, 1.165) is 25.7 Å². The van der Waals surface area contributed by atoms with Crippen molar-refractivity contribution in [3.63, 3.8) is 0 Å². The van der Waals surface area contributed by atoms with Gasteiger partial charge in [-0.3, -0.25) is 0 Å². The second-order valence-corrected chi connectivity index (χ2v) is 4.74. The van der Waals surface area contributed by atoms with Crippen molar-refractivity contribution in [3.05, 3.63) is 0 Å². The number of hydrogen-bond acceptors (Lipinski definition) is 3. The van der Waals surface area contributed by atoms with Crippen molar-refractivity contribution in [1.29, 1.82) is 0 Å². The van der Waals surface area contributed by atoms with Crippen LogP contribution in [0, 0.1) is 0 Å². The summed E-state index contributed by atoms with van der Waals surface area (Å²) in [5.41, 5.74) is 5.27. The van der Waals surface area contributed by atoms with Gasteiger partial charge in [0.25, 0.3) is 0 Å². The van der Waals surface area contributed by atoms with E-state index in [-0.39, 0.29) is 17.9 Å². The number of amides is 2. The predicted octanol–water partition coefficient (Wildman–Crippen LogP) is 0.882. The summed E-state index contributed by atoms with van der Waals surface area (Å²) in [6, 6.07) is -0.212. The largest absolute Gasteiger partial charge is 0.332 e. The molecule has 0 bridgehead atoms. The van der Waals surface area contributed by atoms with E-state index < -0.39 is 5.66 Å². The van der Waals surface area contributed by atoms with Crippen molar-refractivity contribution in [2.24, 2.45) is 5.73 Å². The van der Waals surface area contributed by atoms with E-state index in [1.807, 2.05) is 6.92 Å². The number of hydrogen-bond donors (Lipinski definition) is 3. The Morgan fingerprint density at radius 1 is 1.44 bits per heavy atom. The zero-order valence-corrected chi connectivity index (χ0v) is 10.0. The SMILES string of the molecule is CC(=O)CCCCC[C@H]1NC(=O)N[C@]1(C)N. The number of ketones is 1. The highest BCUT2D eigenvalue weighted by Gasteiger charge is 2.38. The van der Waals surface area contributed by atoms with Crippen LogP contribution < -0.4 is 16.4 Å². The first-order chi connectivity index (χ1) is 7.42. The van der Waals surface area contributed by atoms with Gasteiger partial charge in [-0.05, 0) is 26.7 Å². The Morgan fingerprint density at radius 2 is 2.12 bits per heavy atom. The van der Waals surface area contributed by atoms with Crippen molar-refractivity contribution < 1.29 is 9.59 Å². The molecule has 4 N–H and O–H groups in total. The van der Waals surface area contributed by atoms with Crippen molar-refractivity contribution >= 4 is 11.8 Å². The van der Waals surface area contributed by atoms with Crippen molar-refractivity contribution in [2.45, 2.75) is 57.7 Å². The second-order valence-electron chi connectivity index (χ2n) is 4.74. The lowest BCUT2D eigenvalue weighted by Gasteiger charge is -2.25. The minimum absolute atomic E-state index is 0.0164. The first-order valence-electron chi connectivity index (χ1n) is 5.79. The number of unbranched alkanes of at least 4 members (excludes halogenated alkanes) is 2. The standard InChI is InChI=1S/C11H21N3O2/c1-8(15)6-4-3-5-7-9-11(2,12)14-10(16)13-9/h9H,3-7,12H2,1-2H3,(H2,13,14,16)/t9-,11+/m1/s1. The molecule has 5 nitrogen and oxygen atoms in total. The lowest BCUT2D eigenvalue weighted by atomic mass is 9.98. The molecule has 1 saturated heterocycles. The van der Waals surface area contributed by atoms with E-state index >= 15 is 0 Å². The predicted molar refractivity (Wildman–Crippen MR) is 61.8 cm³/mol. The number of nitrogens with two attached hydrogens (primary N) is 1. The highest BCUT2D eigenvalue weighted by Crippen LogP contribution is 2.16. The van der Waals surface area contributed by atoms with Gasteiger partial charge in [-0.2, -0.15) is 0 Å². The molecule has 0 radical (unpaired) electrons. The van der Waals surface area contributed by atoms with E-state index in [1.165, 1.54) is 0 Å². The topological polar surface area (TPSA) is 84.2 Å². The van der Waals surface area contributed by atoms with E-state index in [2.05, 4.69) is 10.6 Å². The molecule has 92 valence electrons. The molecule has 2 amide bonds. The average molecular weight is 227 g/mol. The summed E-state index contributed by atoms with van der Waals surface area (Å²) < 4.78 is 0. The summed E-state index contributed by atoms with van der Waals surface area (Å²) in [4.78, 5) is 21.8. The summed E-state index contributed by atoms with van der Waals surface area (Å²) in [5, 5.41) is 5.48. The molecule has 1 fully saturated rings. The third-order valence-electron chi connectivity index (χ3n) is 2.93. The summed E-state index contributed by atoms with van der Waals surface area (Å²) in [7, 11) is 0. The Morgan fingerprint density at radius 3 is 2.62 bits per heavy atom. The molecule has 1 heterocycles. The van der Waals surface area contributed by atoms with Crippen LogP contribution in [-0.4, -0.2) is 23.5 Å². The average Bonchev–Trinajstić information content (AvgIpc) is 2.38. The zero-order chi connectivity index (χ0) is 12.2. The smallest absolute Gasteiger partial charge is 0.316 e. The maximum absolute atomic E-state index is 11.1. The highest BCUT2D eigenvalue weighted by atomic mass is 16.2. The Hall–Kier alpha value is -1.10. The van der Waals surface area contributed by atoms with Crippen molar-refractivity contribution in [3.8, 4) is 0 Å². The molecule has 0 aromatic carbocycles. The Balaban J connectivity index is 2.18. The molecular formula is C11H21N3O2. The molecular weight excluding hydrogens is 206 g/mol. The van der Waals surface area contributed by atoms with Crippen LogP contribution >= 0.6 is 0 Å². The second kappa shape index (κ2) is 5.30. The monoisotopic (exact) mass is 227 g/mol. The van der Waals surface area contributed by atoms with Gasteiger partial charge in [-0.1, -0.05) is 12.8 Å². The molecule has 0 aromatic heterocycles. The first kappa shape index (κ1) is 13.0. The van der Waals surface area contributed by atoms with Crippen molar-refractivity contribution in [2.75, 3.05) is 0 Å². The summed E-state index contributed by atoms with van der Waals surface area (Å²) in [5.74, 6) is 0.236. The van der Waals surface area contributed by atoms with Gasteiger partial charge in [0, 0.05) is 6.42 Å². The number of urea groups is 1. The first-order valence-corrected chi connectivity index (χ1v) is 5.79. The molecule has 1 aliphatic heterocycles. The Bertz CT molecular complexity index is 276. The molecule has 0 aromatic rings. The van der Waals surface area contributed by atoms with E-state index in [9.17, 15) is 9.59 Å². The van der Waals surface area contributed by atoms with Gasteiger partial charge >= 0.3 is 6.03 Å². The highest BCUT2D eigenvalue weighted by molar-refractivity contribution is 5.78. The lowest BCUT2D eigenvalue weighted by Crippen LogP contribution is -2.54. The fraction of sp³-hybridized carbons (Fsp3) is 0.818. The van der Waals surface area contributed by atoms with Gasteiger partial charge in [0.15, 0.2) is 0 Å². The number of rotatable bonds is 6. The van der Waals surface area contributed by atoms with Gasteiger partial charge in [0.2, 0.25) is 0 Å². The molecule has 0 saturated carbocycles. The molecule has 1 aliphatic rings. The van der Waals surface area contributed by atoms with Gasteiger partial charge in [0.05, 0.1) is 6.04 Å². The van der Waals surface area contributed by atoms with Crippen molar-refractivity contribution in [1.82, 2.24) is 10.6 Å². The van der Waals surface area contributed by atoms with Gasteiger partial charge in [0.1, 0.15) is 11.4 Å². The molecule has 5 heteroatoms. The van der Waals surface area contributed by atoms with Crippen LogP contribution in [0.2, 0.25) is 0 Å². The number of carbonyl (C=O) groups excluding carboxylic acids is 2. The molecule has 1 rings (SSSR count). The maximum atomic E-state index is 11.1. The Kier molecular flexibility index (Phi) is 4.29. The number of Topliss-reactive ketones (excluding diaryl/α,β-unsaturated/α-hetero) is 1. The molecule has 2 atom stereocenters. The van der Waals surface area contributed by atoms with Gasteiger partial charge in [-0.25, -0.2) is 4.79 Å². The molecule has 0 spiro atoms. The fourth-order valence-corrected chi connectivity index (χ4v) is 1.95. The fourth-order valence-electron chi connectivity index (χ4n) is 1.95. The van der Waals surface area contributed by atoms with Crippen LogP contribution in [0.1, 0.15) is 46.0 Å². The minimum Gasteiger partial charge on any atom is -0.332 e. The van der Waals surface area contributed by atoms with Crippen LogP contribution in [0.5, 0.6) is 0 Å². The quantitative estimate of drug-likeness (QED) is 0.589. The van der Waals surface area contributed by atoms with E-state index in [4.69, 9.17) is 5.73 Å². The van der Waals surface area contributed by atoms with E-state index in [0.29, 0.717) is 6.42 Å². The Labute approximate surface area is 96.1 Å². The van der Waals surface area contributed by atoms with Crippen LogP contribution in [-0.2, 0) is 4.79 Å². The van der Waals surface area contributed by atoms with Gasteiger partial charge < -0.3 is 21.2 Å². The summed E-state index contributed by atoms with van der Waals surface area (Å²) in [6.07, 6.45) is 4.40.